The Balaban J connectivity index is 4.58. The Bertz CT molecular complexity index is 364. The van der Waals surface area contributed by atoms with Gasteiger partial charge in [-0.1, -0.05) is 0 Å². The third-order valence-corrected chi connectivity index (χ3v) is 3.29. The molecule has 0 aliphatic heterocycles. The number of carboxylic acids is 1. The van der Waals surface area contributed by atoms with Crippen molar-refractivity contribution in [1.82, 2.24) is 9.03 Å². The van der Waals surface area contributed by atoms with E-state index in [0.29, 0.717) is 0 Å². The van der Waals surface area contributed by atoms with E-state index in [0.717, 1.165) is 4.31 Å². The number of rotatable bonds is 7. The maximum atomic E-state index is 11.3. The van der Waals surface area contributed by atoms with Crippen molar-refractivity contribution in [2.75, 3.05) is 14.1 Å². The summed E-state index contributed by atoms with van der Waals surface area (Å²) in [4.78, 5) is 21.2. The van der Waals surface area contributed by atoms with Gasteiger partial charge in [0.25, 0.3) is 10.2 Å². The average molecular weight is 253 g/mol. The molecule has 94 valence electrons. The summed E-state index contributed by atoms with van der Waals surface area (Å²) in [6, 6.07) is -1.36. The topological polar surface area (TPSA) is 130 Å². The molecule has 16 heavy (non-hydrogen) atoms. The van der Waals surface area contributed by atoms with Gasteiger partial charge < -0.3 is 10.8 Å². The zero-order valence-electron chi connectivity index (χ0n) is 9.00. The Labute approximate surface area is 93.6 Å². The maximum absolute atomic E-state index is 11.3. The van der Waals surface area contributed by atoms with Gasteiger partial charge in [0.1, 0.15) is 6.04 Å². The molecule has 0 aliphatic carbocycles. The zero-order valence-corrected chi connectivity index (χ0v) is 9.82. The molecule has 0 heterocycles. The Kier molecular flexibility index (Phi) is 5.35. The molecule has 1 amide bonds. The zero-order chi connectivity index (χ0) is 12.9. The molecule has 0 aliphatic rings. The first-order valence-corrected chi connectivity index (χ1v) is 5.81. The van der Waals surface area contributed by atoms with Crippen LogP contribution in [0.5, 0.6) is 0 Å². The van der Waals surface area contributed by atoms with Crippen LogP contribution in [0.1, 0.15) is 12.8 Å². The molecule has 0 aromatic heterocycles. The lowest BCUT2D eigenvalue weighted by Gasteiger charge is -2.17. The van der Waals surface area contributed by atoms with E-state index < -0.39 is 28.1 Å². The number of carbonyl (C=O) groups excluding carboxylic acids is 1. The van der Waals surface area contributed by atoms with Crippen molar-refractivity contribution < 1.29 is 23.1 Å². The average Bonchev–Trinajstić information content (AvgIpc) is 2.11. The number of aliphatic carboxylic acids is 1. The van der Waals surface area contributed by atoms with Crippen molar-refractivity contribution in [3.63, 3.8) is 0 Å². The highest BCUT2D eigenvalue weighted by atomic mass is 32.2. The van der Waals surface area contributed by atoms with Crippen molar-refractivity contribution in [3.8, 4) is 0 Å². The molecule has 8 nitrogen and oxygen atoms in total. The first kappa shape index (κ1) is 14.8. The normalized spacial score (nSPS) is 13.7. The molecule has 0 saturated heterocycles. The second-order valence-corrected chi connectivity index (χ2v) is 5.22. The quantitative estimate of drug-likeness (QED) is 0.488. The summed E-state index contributed by atoms with van der Waals surface area (Å²) in [7, 11) is -1.32. The Morgan fingerprint density at radius 1 is 1.44 bits per heavy atom. The molecule has 4 N–H and O–H groups in total. The minimum Gasteiger partial charge on any atom is -0.480 e. The molecule has 9 heteroatoms. The molecule has 0 aromatic rings. The van der Waals surface area contributed by atoms with Crippen molar-refractivity contribution in [2.24, 2.45) is 5.73 Å². The molecule has 0 spiro atoms. The first-order valence-electron chi connectivity index (χ1n) is 4.37. The molecular weight excluding hydrogens is 238 g/mol. The van der Waals surface area contributed by atoms with Gasteiger partial charge in [-0.2, -0.15) is 17.4 Å². The van der Waals surface area contributed by atoms with Gasteiger partial charge in [0.05, 0.1) is 0 Å². The predicted octanol–water partition coefficient (Wildman–Crippen LogP) is -1.90. The van der Waals surface area contributed by atoms with Gasteiger partial charge in [-0.15, -0.1) is 0 Å². The summed E-state index contributed by atoms with van der Waals surface area (Å²) in [6.45, 7) is 0. The Morgan fingerprint density at radius 3 is 2.25 bits per heavy atom. The highest BCUT2D eigenvalue weighted by molar-refractivity contribution is 7.87. The van der Waals surface area contributed by atoms with Gasteiger partial charge in [-0.3, -0.25) is 9.59 Å². The number of carbonyl (C=O) groups is 2. The second-order valence-electron chi connectivity index (χ2n) is 3.30. The van der Waals surface area contributed by atoms with Crippen LogP contribution in [0.4, 0.5) is 0 Å². The van der Waals surface area contributed by atoms with Crippen LogP contribution in [0.15, 0.2) is 0 Å². The molecule has 0 saturated carbocycles. The van der Waals surface area contributed by atoms with E-state index in [9.17, 15) is 18.0 Å². The van der Waals surface area contributed by atoms with E-state index >= 15 is 0 Å². The summed E-state index contributed by atoms with van der Waals surface area (Å²) < 4.78 is 25.4. The third kappa shape index (κ3) is 5.05. The van der Waals surface area contributed by atoms with Crippen LogP contribution < -0.4 is 10.5 Å². The molecule has 0 bridgehead atoms. The van der Waals surface area contributed by atoms with Crippen LogP contribution in [0, 0.1) is 0 Å². The lowest BCUT2D eigenvalue weighted by Crippen LogP contribution is -2.46. The number of hydrogen-bond acceptors (Lipinski definition) is 4. The number of primary amides is 1. The maximum Gasteiger partial charge on any atom is 0.321 e. The van der Waals surface area contributed by atoms with Crippen LogP contribution in [-0.2, 0) is 19.8 Å². The summed E-state index contributed by atoms with van der Waals surface area (Å²) in [5.74, 6) is -2.04. The smallest absolute Gasteiger partial charge is 0.321 e. The number of carboxylic acid groups (broad SMARTS) is 1. The summed E-state index contributed by atoms with van der Waals surface area (Å²) >= 11 is 0. The van der Waals surface area contributed by atoms with E-state index in [1.807, 2.05) is 4.72 Å². The summed E-state index contributed by atoms with van der Waals surface area (Å²) in [5, 5.41) is 8.73. The number of hydrogen-bond donors (Lipinski definition) is 3. The van der Waals surface area contributed by atoms with E-state index in [-0.39, 0.29) is 12.8 Å². The minimum atomic E-state index is -3.84. The monoisotopic (exact) mass is 253 g/mol. The van der Waals surface area contributed by atoms with Crippen LogP contribution in [0.2, 0.25) is 0 Å². The van der Waals surface area contributed by atoms with Crippen molar-refractivity contribution >= 4 is 22.1 Å². The van der Waals surface area contributed by atoms with Gasteiger partial charge in [0, 0.05) is 20.5 Å². The van der Waals surface area contributed by atoms with E-state index in [1.165, 1.54) is 14.1 Å². The van der Waals surface area contributed by atoms with Gasteiger partial charge in [0.15, 0.2) is 0 Å². The SMILES string of the molecule is CN(C)S(=O)(=O)N[C@H](CCC(N)=O)C(=O)O. The van der Waals surface area contributed by atoms with Gasteiger partial charge in [-0.25, -0.2) is 0 Å². The van der Waals surface area contributed by atoms with Crippen molar-refractivity contribution in [3.05, 3.63) is 0 Å². The van der Waals surface area contributed by atoms with Gasteiger partial charge in [0.2, 0.25) is 5.91 Å². The van der Waals surface area contributed by atoms with Crippen molar-refractivity contribution in [2.45, 2.75) is 18.9 Å². The Morgan fingerprint density at radius 2 is 1.94 bits per heavy atom. The van der Waals surface area contributed by atoms with Crippen LogP contribution in [0.3, 0.4) is 0 Å². The summed E-state index contributed by atoms with van der Waals surface area (Å²) in [5.41, 5.74) is 4.84. The number of nitrogens with two attached hydrogens (primary N) is 1. The number of amides is 1. The molecule has 0 unspecified atom stereocenters. The molecular formula is C7H15N3O5S. The molecule has 0 aromatic carbocycles. The molecule has 0 radical (unpaired) electrons. The number of nitrogens with one attached hydrogen (secondary N) is 1. The molecule has 0 fully saturated rings. The van der Waals surface area contributed by atoms with Crippen LogP contribution in [0.25, 0.3) is 0 Å². The number of nitrogens with zero attached hydrogens (tertiary/aromatic N) is 1. The molecule has 0 rings (SSSR count). The molecule has 1 atom stereocenters. The largest absolute Gasteiger partial charge is 0.480 e. The van der Waals surface area contributed by atoms with E-state index in [2.05, 4.69) is 0 Å². The standard InChI is InChI=1S/C7H15N3O5S/c1-10(2)16(14,15)9-5(7(12)13)3-4-6(8)11/h5,9H,3-4H2,1-2H3,(H2,8,11)(H,12,13)/t5-/m1/s1. The fraction of sp³-hybridized carbons (Fsp3) is 0.714. The lowest BCUT2D eigenvalue weighted by molar-refractivity contribution is -0.139. The highest BCUT2D eigenvalue weighted by Gasteiger charge is 2.25. The fourth-order valence-corrected chi connectivity index (χ4v) is 1.59. The van der Waals surface area contributed by atoms with Crippen LogP contribution >= 0.6 is 0 Å². The van der Waals surface area contributed by atoms with Crippen LogP contribution in [-0.4, -0.2) is 49.8 Å². The van der Waals surface area contributed by atoms with E-state index in [4.69, 9.17) is 10.8 Å². The predicted molar refractivity (Wildman–Crippen MR) is 55.6 cm³/mol. The van der Waals surface area contributed by atoms with Crippen molar-refractivity contribution in [1.29, 1.82) is 0 Å². The second kappa shape index (κ2) is 5.77. The minimum absolute atomic E-state index is 0.183. The van der Waals surface area contributed by atoms with Gasteiger partial charge in [-0.05, 0) is 6.42 Å². The first-order chi connectivity index (χ1) is 7.16. The lowest BCUT2D eigenvalue weighted by atomic mass is 10.2. The van der Waals surface area contributed by atoms with E-state index in [1.54, 1.807) is 0 Å². The fourth-order valence-electron chi connectivity index (χ4n) is 0.805. The highest BCUT2D eigenvalue weighted by Crippen LogP contribution is 2.01. The summed E-state index contributed by atoms with van der Waals surface area (Å²) in [6.07, 6.45) is -0.384. The van der Waals surface area contributed by atoms with Gasteiger partial charge >= 0.3 is 5.97 Å². The third-order valence-electron chi connectivity index (χ3n) is 1.75. The Hall–Kier alpha value is -1.19.